The lowest BCUT2D eigenvalue weighted by Crippen LogP contribution is -2.53. The summed E-state index contributed by atoms with van der Waals surface area (Å²) in [5, 5.41) is 12.1. The zero-order valence-corrected chi connectivity index (χ0v) is 27.8. The second-order valence-electron chi connectivity index (χ2n) is 13.0. The molecule has 49 heavy (non-hydrogen) atoms. The minimum atomic E-state index is -1.13. The number of benzene rings is 2. The Morgan fingerprint density at radius 1 is 0.959 bits per heavy atom. The van der Waals surface area contributed by atoms with Crippen LogP contribution in [0.2, 0.25) is 0 Å². The molecule has 0 spiro atoms. The van der Waals surface area contributed by atoms with Crippen molar-refractivity contribution in [1.82, 2.24) is 33.9 Å². The number of methoxy groups -OCH3 is 2. The molecule has 0 aliphatic carbocycles. The van der Waals surface area contributed by atoms with Gasteiger partial charge < -0.3 is 24.0 Å². The molecule has 2 atom stereocenters. The van der Waals surface area contributed by atoms with Crippen LogP contribution in [0.15, 0.2) is 90.2 Å². The molecule has 1 N–H and O–H groups in total. The molecule has 0 radical (unpaired) electrons. The van der Waals surface area contributed by atoms with Gasteiger partial charge in [0.1, 0.15) is 12.1 Å². The van der Waals surface area contributed by atoms with Crippen molar-refractivity contribution < 1.29 is 19.4 Å². The molecule has 12 heteroatoms. The number of amides is 1. The van der Waals surface area contributed by atoms with Gasteiger partial charge in [-0.15, -0.1) is 0 Å². The zero-order valence-electron chi connectivity index (χ0n) is 27.8. The minimum absolute atomic E-state index is 0.0218. The van der Waals surface area contributed by atoms with Crippen molar-refractivity contribution in [3.8, 4) is 17.4 Å². The number of rotatable bonds is 9. The molecule has 3 aromatic heterocycles. The van der Waals surface area contributed by atoms with Crippen LogP contribution in [0.1, 0.15) is 36.4 Å². The fraction of sp³-hybridized carbons (Fsp3) is 0.378. The number of nitrogens with zero attached hydrogens (tertiary/aromatic N) is 7. The predicted octanol–water partition coefficient (Wildman–Crippen LogP) is 3.65. The molecule has 2 aromatic carbocycles. The summed E-state index contributed by atoms with van der Waals surface area (Å²) in [5.74, 6) is 0.719. The van der Waals surface area contributed by atoms with Gasteiger partial charge in [-0.05, 0) is 67.8 Å². The number of ether oxygens (including phenoxy) is 2. The highest BCUT2D eigenvalue weighted by atomic mass is 16.5. The number of aromatic nitrogens is 5. The maximum absolute atomic E-state index is 14.1. The van der Waals surface area contributed by atoms with Crippen molar-refractivity contribution in [2.24, 2.45) is 5.92 Å². The van der Waals surface area contributed by atoms with Crippen molar-refractivity contribution >= 4 is 16.9 Å². The van der Waals surface area contributed by atoms with E-state index >= 15 is 0 Å². The lowest BCUT2D eigenvalue weighted by Gasteiger charge is -2.43. The highest BCUT2D eigenvalue weighted by molar-refractivity contribution is 5.80. The third-order valence-corrected chi connectivity index (χ3v) is 9.99. The fourth-order valence-electron chi connectivity index (χ4n) is 7.26. The summed E-state index contributed by atoms with van der Waals surface area (Å²) in [6, 6.07) is 21.8. The monoisotopic (exact) mass is 663 g/mol. The molecule has 5 aromatic rings. The Balaban J connectivity index is 1.02. The van der Waals surface area contributed by atoms with E-state index in [4.69, 9.17) is 9.47 Å². The third kappa shape index (κ3) is 6.79. The van der Waals surface area contributed by atoms with Crippen LogP contribution in [0.5, 0.6) is 11.8 Å². The lowest BCUT2D eigenvalue weighted by atomic mass is 9.79. The van der Waals surface area contributed by atoms with Crippen LogP contribution in [0.3, 0.4) is 0 Å². The fourth-order valence-corrected chi connectivity index (χ4v) is 7.26. The minimum Gasteiger partial charge on any atom is -0.497 e. The molecule has 1 amide bonds. The summed E-state index contributed by atoms with van der Waals surface area (Å²) in [7, 11) is 3.18. The van der Waals surface area contributed by atoms with Crippen LogP contribution in [0.4, 0.5) is 0 Å². The Morgan fingerprint density at radius 3 is 2.47 bits per heavy atom. The molecule has 254 valence electrons. The standard InChI is InChI=1S/C37H41N7O5/c1-48-29-10-8-28(9-11-29)44-19-14-31-33(44)39-25-43(35(31)46)24-37(47)15-20-42(21-16-37)34(45)30-13-18-41(22-27-12-17-38-36(40-27)49-2)23-32(30)26-6-4-3-5-7-26/h3-12,14,17,19,25,30,32,47H,13,15-16,18,20-24H2,1-2H3/t30-,32+/m1/s1. The number of aliphatic hydroxyl groups is 1. The first-order chi connectivity index (χ1) is 23.8. The first-order valence-corrected chi connectivity index (χ1v) is 16.7. The van der Waals surface area contributed by atoms with Crippen LogP contribution in [0, 0.1) is 5.92 Å². The van der Waals surface area contributed by atoms with E-state index in [1.165, 1.54) is 10.9 Å². The molecule has 12 nitrogen and oxygen atoms in total. The van der Waals surface area contributed by atoms with Gasteiger partial charge in [0.2, 0.25) is 5.91 Å². The van der Waals surface area contributed by atoms with Crippen LogP contribution in [-0.4, -0.2) is 90.9 Å². The van der Waals surface area contributed by atoms with Crippen LogP contribution in [-0.2, 0) is 17.9 Å². The van der Waals surface area contributed by atoms with E-state index in [2.05, 4.69) is 32.0 Å². The summed E-state index contributed by atoms with van der Waals surface area (Å²) in [4.78, 5) is 45.1. The van der Waals surface area contributed by atoms with Crippen molar-refractivity contribution in [2.75, 3.05) is 40.4 Å². The smallest absolute Gasteiger partial charge is 0.316 e. The molecule has 0 unspecified atom stereocenters. The number of piperidine rings is 2. The molecule has 2 fully saturated rings. The molecule has 0 bridgehead atoms. The highest BCUT2D eigenvalue weighted by Gasteiger charge is 2.41. The van der Waals surface area contributed by atoms with E-state index in [1.807, 2.05) is 64.2 Å². The Labute approximate surface area is 284 Å². The van der Waals surface area contributed by atoms with Gasteiger partial charge in [0, 0.05) is 56.1 Å². The van der Waals surface area contributed by atoms with Crippen LogP contribution >= 0.6 is 0 Å². The summed E-state index contributed by atoms with van der Waals surface area (Å²) >= 11 is 0. The number of likely N-dealkylation sites (tertiary alicyclic amines) is 2. The third-order valence-electron chi connectivity index (χ3n) is 9.99. The number of carbonyl (C=O) groups is 1. The van der Waals surface area contributed by atoms with E-state index in [9.17, 15) is 14.7 Å². The first-order valence-electron chi connectivity index (χ1n) is 16.7. The topological polar surface area (TPSA) is 128 Å². The van der Waals surface area contributed by atoms with Gasteiger partial charge in [-0.1, -0.05) is 30.3 Å². The zero-order chi connectivity index (χ0) is 34.0. The largest absolute Gasteiger partial charge is 0.497 e. The summed E-state index contributed by atoms with van der Waals surface area (Å²) in [6.07, 6.45) is 6.51. The lowest BCUT2D eigenvalue weighted by molar-refractivity contribution is -0.142. The van der Waals surface area contributed by atoms with Gasteiger partial charge in [0.15, 0.2) is 5.65 Å². The molecule has 2 aliphatic heterocycles. The average Bonchev–Trinajstić information content (AvgIpc) is 3.58. The molecule has 2 saturated heterocycles. The Morgan fingerprint density at radius 2 is 1.73 bits per heavy atom. The molecule has 7 rings (SSSR count). The van der Waals surface area contributed by atoms with E-state index in [0.717, 1.165) is 42.2 Å². The molecular weight excluding hydrogens is 622 g/mol. The van der Waals surface area contributed by atoms with Gasteiger partial charge in [0.05, 0.1) is 37.4 Å². The van der Waals surface area contributed by atoms with Crippen molar-refractivity contribution in [2.45, 2.75) is 43.9 Å². The molecule has 0 saturated carbocycles. The first kappa shape index (κ1) is 32.5. The number of hydrogen-bond donors (Lipinski definition) is 1. The van der Waals surface area contributed by atoms with E-state index in [1.54, 1.807) is 26.5 Å². The van der Waals surface area contributed by atoms with E-state index in [0.29, 0.717) is 49.5 Å². The van der Waals surface area contributed by atoms with Gasteiger partial charge in [0.25, 0.3) is 5.56 Å². The molecule has 2 aliphatic rings. The number of hydrogen-bond acceptors (Lipinski definition) is 9. The Hall–Kier alpha value is -5.07. The second kappa shape index (κ2) is 13.8. The van der Waals surface area contributed by atoms with E-state index < -0.39 is 5.60 Å². The number of fused-ring (bicyclic) bond motifs is 1. The number of carbonyl (C=O) groups excluding carboxylic acids is 1. The van der Waals surface area contributed by atoms with Gasteiger partial charge in [-0.3, -0.25) is 19.1 Å². The quantitative estimate of drug-likeness (QED) is 0.251. The summed E-state index contributed by atoms with van der Waals surface area (Å²) < 4.78 is 13.8. The van der Waals surface area contributed by atoms with E-state index in [-0.39, 0.29) is 29.8 Å². The Bertz CT molecular complexity index is 1970. The van der Waals surface area contributed by atoms with Crippen LogP contribution < -0.4 is 15.0 Å². The van der Waals surface area contributed by atoms with Crippen molar-refractivity contribution in [3.63, 3.8) is 0 Å². The van der Waals surface area contributed by atoms with Crippen molar-refractivity contribution in [1.29, 1.82) is 0 Å². The summed E-state index contributed by atoms with van der Waals surface area (Å²) in [6.45, 7) is 3.10. The van der Waals surface area contributed by atoms with Gasteiger partial charge in [-0.2, -0.15) is 4.98 Å². The maximum Gasteiger partial charge on any atom is 0.316 e. The van der Waals surface area contributed by atoms with Crippen molar-refractivity contribution in [3.05, 3.63) is 107 Å². The second-order valence-corrected chi connectivity index (χ2v) is 13.0. The maximum atomic E-state index is 14.1. The summed E-state index contributed by atoms with van der Waals surface area (Å²) in [5.41, 5.74) is 2.10. The predicted molar refractivity (Wildman–Crippen MR) is 184 cm³/mol. The Kier molecular flexibility index (Phi) is 9.15. The van der Waals surface area contributed by atoms with Crippen LogP contribution in [0.25, 0.3) is 16.7 Å². The molecular formula is C37H41N7O5. The normalized spacial score (nSPS) is 19.5. The highest BCUT2D eigenvalue weighted by Crippen LogP contribution is 2.36. The average molecular weight is 664 g/mol. The molecule has 5 heterocycles. The van der Waals surface area contributed by atoms with Gasteiger partial charge >= 0.3 is 6.01 Å². The SMILES string of the molecule is COc1ccc(-n2ccc3c(=O)n(CC4(O)CCN(C(=O)[C@@H]5CCN(Cc6ccnc(OC)n6)C[C@H]5c5ccccc5)CC4)cnc32)cc1. The van der Waals surface area contributed by atoms with Gasteiger partial charge in [-0.25, -0.2) is 9.97 Å².